The largest absolute Gasteiger partial charge is 0.345 e. The zero-order chi connectivity index (χ0) is 15.6. The molecule has 21 heavy (non-hydrogen) atoms. The summed E-state index contributed by atoms with van der Waals surface area (Å²) in [7, 11) is 3.33. The second-order valence-electron chi connectivity index (χ2n) is 4.62. The summed E-state index contributed by atoms with van der Waals surface area (Å²) in [5.41, 5.74) is 3.13. The van der Waals surface area contributed by atoms with E-state index in [-0.39, 0.29) is 11.8 Å². The highest BCUT2D eigenvalue weighted by Gasteiger charge is 2.15. The van der Waals surface area contributed by atoms with Crippen LogP contribution < -0.4 is 5.32 Å². The van der Waals surface area contributed by atoms with Crippen LogP contribution in [0.1, 0.15) is 25.7 Å². The standard InChI is InChI=1S/C14H14ClN3O2S/c1-8-12(21-7-16-8)13(19)17-11-6-9(4-5-10(11)15)14(20)18(2)3/h4-7H,1-3H3,(H,17,19). The molecule has 1 N–H and O–H groups in total. The van der Waals surface area contributed by atoms with E-state index in [4.69, 9.17) is 11.6 Å². The lowest BCUT2D eigenvalue weighted by Gasteiger charge is -2.12. The van der Waals surface area contributed by atoms with Crippen molar-refractivity contribution in [2.45, 2.75) is 6.92 Å². The van der Waals surface area contributed by atoms with Crippen LogP contribution in [0, 0.1) is 6.92 Å². The zero-order valence-corrected chi connectivity index (χ0v) is 13.4. The topological polar surface area (TPSA) is 62.3 Å². The summed E-state index contributed by atoms with van der Waals surface area (Å²) < 4.78 is 0. The molecule has 0 radical (unpaired) electrons. The van der Waals surface area contributed by atoms with Gasteiger partial charge in [-0.05, 0) is 25.1 Å². The van der Waals surface area contributed by atoms with Gasteiger partial charge in [0.15, 0.2) is 0 Å². The number of halogens is 1. The Morgan fingerprint density at radius 1 is 1.33 bits per heavy atom. The van der Waals surface area contributed by atoms with Gasteiger partial charge in [-0.1, -0.05) is 11.6 Å². The Hall–Kier alpha value is -1.92. The third-order valence-electron chi connectivity index (χ3n) is 2.82. The summed E-state index contributed by atoms with van der Waals surface area (Å²) in [4.78, 5) is 30.1. The lowest BCUT2D eigenvalue weighted by atomic mass is 10.1. The van der Waals surface area contributed by atoms with Gasteiger partial charge in [0.05, 0.1) is 21.9 Å². The number of hydrogen-bond donors (Lipinski definition) is 1. The second kappa shape index (κ2) is 6.24. The van der Waals surface area contributed by atoms with Gasteiger partial charge in [-0.25, -0.2) is 4.98 Å². The molecule has 0 aliphatic carbocycles. The van der Waals surface area contributed by atoms with Crippen LogP contribution in [0.4, 0.5) is 5.69 Å². The van der Waals surface area contributed by atoms with Crippen molar-refractivity contribution < 1.29 is 9.59 Å². The Morgan fingerprint density at radius 3 is 2.62 bits per heavy atom. The number of amides is 2. The van der Waals surface area contributed by atoms with Gasteiger partial charge in [0.2, 0.25) is 0 Å². The fraction of sp³-hybridized carbons (Fsp3) is 0.214. The summed E-state index contributed by atoms with van der Waals surface area (Å²) in [6.07, 6.45) is 0. The van der Waals surface area contributed by atoms with E-state index in [1.165, 1.54) is 16.2 Å². The predicted molar refractivity (Wildman–Crippen MR) is 84.3 cm³/mol. The van der Waals surface area contributed by atoms with Crippen molar-refractivity contribution in [2.75, 3.05) is 19.4 Å². The van der Waals surface area contributed by atoms with E-state index in [0.717, 1.165) is 0 Å². The Labute approximate surface area is 131 Å². The summed E-state index contributed by atoms with van der Waals surface area (Å²) in [6.45, 7) is 1.76. The van der Waals surface area contributed by atoms with Crippen LogP contribution in [0.15, 0.2) is 23.7 Å². The molecule has 1 aromatic heterocycles. The molecule has 0 unspecified atom stereocenters. The first-order valence-electron chi connectivity index (χ1n) is 6.12. The molecule has 0 bridgehead atoms. The summed E-state index contributed by atoms with van der Waals surface area (Å²) in [6, 6.07) is 4.78. The molecule has 7 heteroatoms. The van der Waals surface area contributed by atoms with E-state index in [9.17, 15) is 9.59 Å². The van der Waals surface area contributed by atoms with E-state index in [0.29, 0.717) is 26.8 Å². The van der Waals surface area contributed by atoms with Crippen molar-refractivity contribution in [2.24, 2.45) is 0 Å². The number of hydrogen-bond acceptors (Lipinski definition) is 4. The maximum absolute atomic E-state index is 12.2. The average Bonchev–Trinajstić information content (AvgIpc) is 2.86. The van der Waals surface area contributed by atoms with Crippen LogP contribution in [0.5, 0.6) is 0 Å². The molecule has 0 fully saturated rings. The fourth-order valence-electron chi connectivity index (χ4n) is 1.71. The Kier molecular flexibility index (Phi) is 4.59. The number of aryl methyl sites for hydroxylation is 1. The summed E-state index contributed by atoms with van der Waals surface area (Å²) in [5, 5.41) is 3.09. The van der Waals surface area contributed by atoms with Crippen LogP contribution in [-0.2, 0) is 0 Å². The first-order valence-corrected chi connectivity index (χ1v) is 7.38. The highest BCUT2D eigenvalue weighted by molar-refractivity contribution is 7.12. The van der Waals surface area contributed by atoms with Crippen LogP contribution in [0.2, 0.25) is 5.02 Å². The van der Waals surface area contributed by atoms with Crippen molar-refractivity contribution in [3.63, 3.8) is 0 Å². The number of carbonyl (C=O) groups excluding carboxylic acids is 2. The number of aromatic nitrogens is 1. The molecule has 2 amide bonds. The summed E-state index contributed by atoms with van der Waals surface area (Å²) in [5.74, 6) is -0.442. The first-order chi connectivity index (χ1) is 9.90. The Morgan fingerprint density at radius 2 is 2.05 bits per heavy atom. The molecule has 1 heterocycles. The van der Waals surface area contributed by atoms with Crippen LogP contribution in [0.25, 0.3) is 0 Å². The van der Waals surface area contributed by atoms with Gasteiger partial charge in [-0.15, -0.1) is 11.3 Å². The minimum Gasteiger partial charge on any atom is -0.345 e. The van der Waals surface area contributed by atoms with E-state index >= 15 is 0 Å². The van der Waals surface area contributed by atoms with E-state index in [1.807, 2.05) is 0 Å². The van der Waals surface area contributed by atoms with Gasteiger partial charge in [0.25, 0.3) is 11.8 Å². The smallest absolute Gasteiger partial charge is 0.267 e. The predicted octanol–water partition coefficient (Wildman–Crippen LogP) is 3.06. The molecule has 0 aliphatic rings. The number of benzene rings is 1. The molecule has 110 valence electrons. The molecule has 2 aromatic rings. The van der Waals surface area contributed by atoms with Gasteiger partial charge in [0, 0.05) is 19.7 Å². The van der Waals surface area contributed by atoms with Crippen LogP contribution >= 0.6 is 22.9 Å². The van der Waals surface area contributed by atoms with E-state index < -0.39 is 0 Å². The first kappa shape index (κ1) is 15.5. The van der Waals surface area contributed by atoms with Crippen molar-refractivity contribution in [1.82, 2.24) is 9.88 Å². The SMILES string of the molecule is Cc1ncsc1C(=O)Nc1cc(C(=O)N(C)C)ccc1Cl. The molecule has 5 nitrogen and oxygen atoms in total. The van der Waals surface area contributed by atoms with Crippen molar-refractivity contribution >= 4 is 40.4 Å². The minimum absolute atomic E-state index is 0.156. The van der Waals surface area contributed by atoms with Crippen molar-refractivity contribution in [3.05, 3.63) is 44.9 Å². The molecule has 0 aliphatic heterocycles. The number of thiazole rings is 1. The highest BCUT2D eigenvalue weighted by atomic mass is 35.5. The van der Waals surface area contributed by atoms with Crippen molar-refractivity contribution in [3.8, 4) is 0 Å². The highest BCUT2D eigenvalue weighted by Crippen LogP contribution is 2.25. The molecule has 0 saturated heterocycles. The molecule has 0 atom stereocenters. The second-order valence-corrected chi connectivity index (χ2v) is 5.88. The fourth-order valence-corrected chi connectivity index (χ4v) is 2.57. The maximum Gasteiger partial charge on any atom is 0.267 e. The quantitative estimate of drug-likeness (QED) is 0.944. The lowest BCUT2D eigenvalue weighted by molar-refractivity contribution is 0.0827. The molecule has 1 aromatic carbocycles. The van der Waals surface area contributed by atoms with E-state index in [1.54, 1.807) is 44.7 Å². The molecular formula is C14H14ClN3O2S. The molecular weight excluding hydrogens is 310 g/mol. The summed E-state index contributed by atoms with van der Waals surface area (Å²) >= 11 is 7.33. The van der Waals surface area contributed by atoms with Gasteiger partial charge >= 0.3 is 0 Å². The monoisotopic (exact) mass is 323 g/mol. The normalized spacial score (nSPS) is 10.3. The number of nitrogens with zero attached hydrogens (tertiary/aromatic N) is 2. The zero-order valence-electron chi connectivity index (χ0n) is 11.8. The maximum atomic E-state index is 12.2. The molecule has 2 rings (SSSR count). The molecule has 0 saturated carbocycles. The third kappa shape index (κ3) is 3.40. The van der Waals surface area contributed by atoms with Gasteiger partial charge in [0.1, 0.15) is 4.88 Å². The van der Waals surface area contributed by atoms with Gasteiger partial charge in [-0.2, -0.15) is 0 Å². The minimum atomic E-state index is -0.286. The third-order valence-corrected chi connectivity index (χ3v) is 4.08. The Bertz CT molecular complexity index is 697. The Balaban J connectivity index is 2.28. The molecule has 0 spiro atoms. The van der Waals surface area contributed by atoms with Crippen molar-refractivity contribution in [1.29, 1.82) is 0 Å². The van der Waals surface area contributed by atoms with Crippen LogP contribution in [0.3, 0.4) is 0 Å². The number of rotatable bonds is 3. The lowest BCUT2D eigenvalue weighted by Crippen LogP contribution is -2.22. The van der Waals surface area contributed by atoms with E-state index in [2.05, 4.69) is 10.3 Å². The van der Waals surface area contributed by atoms with Gasteiger partial charge < -0.3 is 10.2 Å². The van der Waals surface area contributed by atoms with Gasteiger partial charge in [-0.3, -0.25) is 9.59 Å². The number of carbonyl (C=O) groups is 2. The number of anilines is 1. The number of nitrogens with one attached hydrogen (secondary N) is 1. The van der Waals surface area contributed by atoms with Crippen LogP contribution in [-0.4, -0.2) is 35.8 Å². The average molecular weight is 324 g/mol.